The lowest BCUT2D eigenvalue weighted by molar-refractivity contribution is 0.0995. The summed E-state index contributed by atoms with van der Waals surface area (Å²) in [5, 5.41) is 0. The summed E-state index contributed by atoms with van der Waals surface area (Å²) in [7, 11) is 0. The summed E-state index contributed by atoms with van der Waals surface area (Å²) in [6.07, 6.45) is 0.883. The van der Waals surface area contributed by atoms with E-state index < -0.39 is 0 Å². The van der Waals surface area contributed by atoms with Crippen LogP contribution >= 0.6 is 31.9 Å². The Morgan fingerprint density at radius 1 is 1.50 bits per heavy atom. The number of Topliss-reactive ketones (excluding diaryl/α,β-unsaturated/α-hetero) is 1. The van der Waals surface area contributed by atoms with Gasteiger partial charge in [-0.3, -0.25) is 4.79 Å². The maximum atomic E-state index is 11.8. The summed E-state index contributed by atoms with van der Waals surface area (Å²) < 4.78 is 0.950. The van der Waals surface area contributed by atoms with Crippen LogP contribution in [0.25, 0.3) is 0 Å². The van der Waals surface area contributed by atoms with Gasteiger partial charge in [0.05, 0.1) is 4.83 Å². The van der Waals surface area contributed by atoms with Crippen molar-refractivity contribution in [1.82, 2.24) is 0 Å². The Morgan fingerprint density at radius 2 is 2.14 bits per heavy atom. The van der Waals surface area contributed by atoms with Crippen LogP contribution in [0, 0.1) is 0 Å². The molecule has 0 aliphatic rings. The Morgan fingerprint density at radius 3 is 2.64 bits per heavy atom. The number of aryl methyl sites for hydroxylation is 1. The topological polar surface area (TPSA) is 17.1 Å². The van der Waals surface area contributed by atoms with Crippen LogP contribution in [-0.4, -0.2) is 10.6 Å². The van der Waals surface area contributed by atoms with Gasteiger partial charge in [0.15, 0.2) is 5.78 Å². The molecule has 1 atom stereocenters. The molecule has 0 aliphatic carbocycles. The lowest BCUT2D eigenvalue weighted by Gasteiger charge is -2.08. The first kappa shape index (κ1) is 11.9. The van der Waals surface area contributed by atoms with Crippen LogP contribution in [0.15, 0.2) is 22.7 Å². The van der Waals surface area contributed by atoms with Crippen molar-refractivity contribution in [3.8, 4) is 0 Å². The molecule has 0 saturated heterocycles. The molecule has 1 aromatic carbocycles. The molecule has 1 aromatic rings. The molecule has 0 spiro atoms. The number of hydrogen-bond acceptors (Lipinski definition) is 1. The first-order chi connectivity index (χ1) is 6.56. The standard InChI is InChI=1S/C11H12Br2O/c1-3-8-4-5-9(13)6-10(8)11(14)7(2)12/h4-7H,3H2,1-2H3. The highest BCUT2D eigenvalue weighted by Gasteiger charge is 2.15. The van der Waals surface area contributed by atoms with Gasteiger partial charge >= 0.3 is 0 Å². The largest absolute Gasteiger partial charge is 0.293 e. The molecule has 0 heterocycles. The van der Waals surface area contributed by atoms with Crippen LogP contribution < -0.4 is 0 Å². The molecule has 1 nitrogen and oxygen atoms in total. The molecule has 1 unspecified atom stereocenters. The summed E-state index contributed by atoms with van der Waals surface area (Å²) in [4.78, 5) is 11.7. The number of hydrogen-bond donors (Lipinski definition) is 0. The van der Waals surface area contributed by atoms with Gasteiger partial charge < -0.3 is 0 Å². The third kappa shape index (κ3) is 2.67. The van der Waals surface area contributed by atoms with E-state index in [4.69, 9.17) is 0 Å². The van der Waals surface area contributed by atoms with Crippen LogP contribution in [0.4, 0.5) is 0 Å². The van der Waals surface area contributed by atoms with Gasteiger partial charge in [-0.2, -0.15) is 0 Å². The number of rotatable bonds is 3. The Balaban J connectivity index is 3.17. The number of ketones is 1. The van der Waals surface area contributed by atoms with Gasteiger partial charge in [-0.25, -0.2) is 0 Å². The molecule has 0 amide bonds. The Kier molecular flexibility index (Phi) is 4.32. The fourth-order valence-corrected chi connectivity index (χ4v) is 1.91. The predicted molar refractivity (Wildman–Crippen MR) is 66.2 cm³/mol. The summed E-state index contributed by atoms with van der Waals surface area (Å²) in [5.41, 5.74) is 1.91. The molecular formula is C11H12Br2O. The van der Waals surface area contributed by atoms with Crippen molar-refractivity contribution in [2.75, 3.05) is 0 Å². The average Bonchev–Trinajstić information content (AvgIpc) is 2.16. The van der Waals surface area contributed by atoms with Gasteiger partial charge in [0.2, 0.25) is 0 Å². The first-order valence-corrected chi connectivity index (χ1v) is 6.23. The molecule has 0 fully saturated rings. The third-order valence-corrected chi connectivity index (χ3v) is 2.99. The maximum Gasteiger partial charge on any atom is 0.176 e. The highest BCUT2D eigenvalue weighted by molar-refractivity contribution is 9.10. The van der Waals surface area contributed by atoms with Crippen molar-refractivity contribution < 1.29 is 4.79 Å². The van der Waals surface area contributed by atoms with Gasteiger partial charge in [-0.1, -0.05) is 44.8 Å². The lowest BCUT2D eigenvalue weighted by Crippen LogP contribution is -2.12. The highest BCUT2D eigenvalue weighted by atomic mass is 79.9. The average molecular weight is 320 g/mol. The minimum atomic E-state index is -0.123. The number of alkyl halides is 1. The fraction of sp³-hybridized carbons (Fsp3) is 0.364. The lowest BCUT2D eigenvalue weighted by atomic mass is 10.0. The van der Waals surface area contributed by atoms with Crippen molar-refractivity contribution in [2.45, 2.75) is 25.1 Å². The van der Waals surface area contributed by atoms with E-state index in [0.29, 0.717) is 0 Å². The van der Waals surface area contributed by atoms with E-state index in [1.165, 1.54) is 0 Å². The molecule has 3 heteroatoms. The van der Waals surface area contributed by atoms with E-state index in [9.17, 15) is 4.79 Å². The number of halogens is 2. The van der Waals surface area contributed by atoms with Crippen LogP contribution in [0.3, 0.4) is 0 Å². The summed E-state index contributed by atoms with van der Waals surface area (Å²) in [5.74, 6) is 0.142. The zero-order chi connectivity index (χ0) is 10.7. The molecule has 76 valence electrons. The third-order valence-electron chi connectivity index (χ3n) is 2.08. The quantitative estimate of drug-likeness (QED) is 0.608. The van der Waals surface area contributed by atoms with Crippen molar-refractivity contribution in [2.24, 2.45) is 0 Å². The Hall–Kier alpha value is -0.150. The maximum absolute atomic E-state index is 11.8. The SMILES string of the molecule is CCc1ccc(Br)cc1C(=O)C(C)Br. The summed E-state index contributed by atoms with van der Waals surface area (Å²) >= 11 is 6.67. The van der Waals surface area contributed by atoms with E-state index in [1.807, 2.05) is 25.1 Å². The van der Waals surface area contributed by atoms with Crippen LogP contribution in [0.5, 0.6) is 0 Å². The summed E-state index contributed by atoms with van der Waals surface area (Å²) in [6, 6.07) is 5.85. The van der Waals surface area contributed by atoms with Gasteiger partial charge in [-0.15, -0.1) is 0 Å². The van der Waals surface area contributed by atoms with Crippen molar-refractivity contribution >= 4 is 37.6 Å². The molecule has 1 rings (SSSR count). The molecular weight excluding hydrogens is 308 g/mol. The van der Waals surface area contributed by atoms with E-state index in [-0.39, 0.29) is 10.6 Å². The second-order valence-electron chi connectivity index (χ2n) is 3.14. The zero-order valence-electron chi connectivity index (χ0n) is 8.18. The minimum absolute atomic E-state index is 0.123. The van der Waals surface area contributed by atoms with Crippen molar-refractivity contribution in [1.29, 1.82) is 0 Å². The smallest absolute Gasteiger partial charge is 0.176 e. The van der Waals surface area contributed by atoms with Gasteiger partial charge in [0.25, 0.3) is 0 Å². The van der Waals surface area contributed by atoms with Crippen LogP contribution in [0.1, 0.15) is 29.8 Å². The van der Waals surface area contributed by atoms with E-state index in [0.717, 1.165) is 22.0 Å². The Bertz CT molecular complexity index is 345. The number of benzene rings is 1. The first-order valence-electron chi connectivity index (χ1n) is 4.53. The van der Waals surface area contributed by atoms with Crippen molar-refractivity contribution in [3.63, 3.8) is 0 Å². The number of carbonyl (C=O) groups excluding carboxylic acids is 1. The molecule has 0 bridgehead atoms. The molecule has 0 aromatic heterocycles. The molecule has 0 radical (unpaired) electrons. The molecule has 14 heavy (non-hydrogen) atoms. The van der Waals surface area contributed by atoms with E-state index in [2.05, 4.69) is 38.8 Å². The minimum Gasteiger partial charge on any atom is -0.293 e. The van der Waals surface area contributed by atoms with E-state index >= 15 is 0 Å². The molecule has 0 saturated carbocycles. The second-order valence-corrected chi connectivity index (χ2v) is 5.42. The van der Waals surface area contributed by atoms with Crippen molar-refractivity contribution in [3.05, 3.63) is 33.8 Å². The second kappa shape index (κ2) is 5.08. The monoisotopic (exact) mass is 318 g/mol. The fourth-order valence-electron chi connectivity index (χ4n) is 1.30. The Labute approximate surface area is 101 Å². The summed E-state index contributed by atoms with van der Waals surface area (Å²) in [6.45, 7) is 3.90. The molecule has 0 N–H and O–H groups in total. The number of carbonyl (C=O) groups is 1. The molecule has 0 aliphatic heterocycles. The highest BCUT2D eigenvalue weighted by Crippen LogP contribution is 2.20. The van der Waals surface area contributed by atoms with Gasteiger partial charge in [0.1, 0.15) is 0 Å². The van der Waals surface area contributed by atoms with E-state index in [1.54, 1.807) is 0 Å². The van der Waals surface area contributed by atoms with Gasteiger partial charge in [0, 0.05) is 10.0 Å². The van der Waals surface area contributed by atoms with Crippen LogP contribution in [-0.2, 0) is 6.42 Å². The van der Waals surface area contributed by atoms with Gasteiger partial charge in [-0.05, 0) is 31.0 Å². The van der Waals surface area contributed by atoms with Crippen LogP contribution in [0.2, 0.25) is 0 Å². The zero-order valence-corrected chi connectivity index (χ0v) is 11.4. The normalized spacial score (nSPS) is 12.6. The predicted octanol–water partition coefficient (Wildman–Crippen LogP) is 3.98.